The third-order valence-corrected chi connectivity index (χ3v) is 20.7. The molecule has 0 rings (SSSR count). The Morgan fingerprint density at radius 2 is 0.465 bits per heavy atom. The normalized spacial score (nSPS) is 13.9. The van der Waals surface area contributed by atoms with Crippen molar-refractivity contribution in [2.45, 2.75) is 445 Å². The first-order chi connectivity index (χ1) is 48.0. The number of phosphoric acid groups is 2. The highest BCUT2D eigenvalue weighted by Crippen LogP contribution is 2.45. The summed E-state index contributed by atoms with van der Waals surface area (Å²) in [4.78, 5) is 73.0. The predicted octanol–water partition coefficient (Wildman–Crippen LogP) is 24.0. The molecule has 5 atom stereocenters. The molecule has 0 bridgehead atoms. The van der Waals surface area contributed by atoms with Crippen LogP contribution in [0.4, 0.5) is 0 Å². The molecule has 0 radical (unpaired) electrons. The molecular weight excluding hydrogens is 1290 g/mol. The zero-order valence-corrected chi connectivity index (χ0v) is 66.4. The topological polar surface area (TPSA) is 237 Å². The Morgan fingerprint density at radius 3 is 0.687 bits per heavy atom. The van der Waals surface area contributed by atoms with Crippen molar-refractivity contribution in [3.8, 4) is 0 Å². The van der Waals surface area contributed by atoms with E-state index in [-0.39, 0.29) is 25.7 Å². The smallest absolute Gasteiger partial charge is 0.462 e. The van der Waals surface area contributed by atoms with E-state index in [9.17, 15) is 43.2 Å². The standard InChI is InChI=1S/C80H156O17P2/c1-6-9-12-15-18-21-24-27-28-29-30-31-32-35-40-46-51-56-61-66-80(85)97-76(70-91-78(83)64-59-54-49-44-41-36-37-42-47-52-57-62-73(4)5)72-95-99(88,89)93-68-74(81)67-92-98(86,87)94-71-75(96-79(84)65-60-55-50-45-39-34-26-23-20-17-14-11-8-3)69-90-77(82)63-58-53-48-43-38-33-25-22-19-16-13-10-7-2/h73-76,81H,6-72H2,1-5H3,(H,86,87)(H,88,89)/t74-,75+,76+/m0/s1. The summed E-state index contributed by atoms with van der Waals surface area (Å²) in [6, 6.07) is 0. The van der Waals surface area contributed by atoms with E-state index < -0.39 is 97.5 Å². The quantitative estimate of drug-likeness (QED) is 0.0222. The van der Waals surface area contributed by atoms with E-state index in [1.807, 2.05) is 0 Å². The summed E-state index contributed by atoms with van der Waals surface area (Å²) in [5.74, 6) is -1.33. The summed E-state index contributed by atoms with van der Waals surface area (Å²) < 4.78 is 68.7. The Balaban J connectivity index is 5.25. The minimum absolute atomic E-state index is 0.108. The first-order valence-electron chi connectivity index (χ1n) is 41.6. The molecule has 0 amide bonds. The van der Waals surface area contributed by atoms with Crippen molar-refractivity contribution < 1.29 is 80.2 Å². The molecule has 0 aliphatic carbocycles. The van der Waals surface area contributed by atoms with Crippen LogP contribution in [-0.2, 0) is 65.4 Å². The van der Waals surface area contributed by atoms with Gasteiger partial charge in [0.25, 0.3) is 0 Å². The SMILES string of the molecule is CCCCCCCCCCCCCCCCCCCCCC(=O)O[C@H](COC(=O)CCCCCCCCCCCCCC(C)C)COP(=O)(O)OC[C@@H](O)COP(=O)(O)OC[C@@H](COC(=O)CCCCCCCCCCCCCCC)OC(=O)CCCCCCCCCCCCCCC. The third-order valence-electron chi connectivity index (χ3n) is 18.8. The van der Waals surface area contributed by atoms with Gasteiger partial charge in [0.1, 0.15) is 19.3 Å². The van der Waals surface area contributed by atoms with E-state index in [2.05, 4.69) is 34.6 Å². The fourth-order valence-electron chi connectivity index (χ4n) is 12.4. The van der Waals surface area contributed by atoms with Gasteiger partial charge in [0.15, 0.2) is 12.2 Å². The van der Waals surface area contributed by atoms with Crippen molar-refractivity contribution in [2.24, 2.45) is 5.92 Å². The fourth-order valence-corrected chi connectivity index (χ4v) is 14.0. The average molecular weight is 1450 g/mol. The van der Waals surface area contributed by atoms with Gasteiger partial charge >= 0.3 is 39.5 Å². The Hall–Kier alpha value is -1.94. The molecule has 0 aromatic carbocycles. The molecule has 99 heavy (non-hydrogen) atoms. The fraction of sp³-hybridized carbons (Fsp3) is 0.950. The number of hydrogen-bond acceptors (Lipinski definition) is 15. The maximum atomic E-state index is 13.1. The van der Waals surface area contributed by atoms with E-state index in [0.29, 0.717) is 25.7 Å². The van der Waals surface area contributed by atoms with Gasteiger partial charge in [0.05, 0.1) is 26.4 Å². The van der Waals surface area contributed by atoms with Crippen molar-refractivity contribution in [1.82, 2.24) is 0 Å². The van der Waals surface area contributed by atoms with Crippen LogP contribution >= 0.6 is 15.6 Å². The van der Waals surface area contributed by atoms with Crippen molar-refractivity contribution >= 4 is 39.5 Å². The summed E-state index contributed by atoms with van der Waals surface area (Å²) >= 11 is 0. The average Bonchev–Trinajstić information content (AvgIpc) is 2.25. The van der Waals surface area contributed by atoms with Crippen LogP contribution in [0.5, 0.6) is 0 Å². The number of unbranched alkanes of at least 4 members (excludes halogenated alkanes) is 52. The van der Waals surface area contributed by atoms with Crippen LogP contribution in [0.3, 0.4) is 0 Å². The largest absolute Gasteiger partial charge is 0.472 e. The number of carbonyl (C=O) groups is 4. The summed E-state index contributed by atoms with van der Waals surface area (Å²) in [6.45, 7) is 7.34. The molecule has 0 heterocycles. The lowest BCUT2D eigenvalue weighted by atomic mass is 10.0. The minimum atomic E-state index is -4.96. The molecule has 0 fully saturated rings. The van der Waals surface area contributed by atoms with Crippen molar-refractivity contribution in [1.29, 1.82) is 0 Å². The van der Waals surface area contributed by atoms with Crippen LogP contribution in [-0.4, -0.2) is 96.7 Å². The number of carbonyl (C=O) groups excluding carboxylic acids is 4. The molecule has 0 spiro atoms. The van der Waals surface area contributed by atoms with E-state index in [1.54, 1.807) is 0 Å². The Labute approximate surface area is 607 Å². The lowest BCUT2D eigenvalue weighted by Crippen LogP contribution is -2.30. The van der Waals surface area contributed by atoms with Gasteiger partial charge in [-0.2, -0.15) is 0 Å². The van der Waals surface area contributed by atoms with E-state index in [0.717, 1.165) is 95.8 Å². The highest BCUT2D eigenvalue weighted by molar-refractivity contribution is 7.47. The predicted molar refractivity (Wildman–Crippen MR) is 405 cm³/mol. The Kier molecular flexibility index (Phi) is 71.6. The number of ether oxygens (including phenoxy) is 4. The van der Waals surface area contributed by atoms with Crippen LogP contribution in [0.15, 0.2) is 0 Å². The van der Waals surface area contributed by atoms with Crippen molar-refractivity contribution in [3.63, 3.8) is 0 Å². The molecule has 0 aliphatic heterocycles. The molecule has 0 saturated carbocycles. The molecule has 17 nitrogen and oxygen atoms in total. The highest BCUT2D eigenvalue weighted by atomic mass is 31.2. The maximum absolute atomic E-state index is 13.1. The summed E-state index contributed by atoms with van der Waals surface area (Å²) in [6.07, 6.45) is 63.7. The van der Waals surface area contributed by atoms with Gasteiger partial charge in [-0.1, -0.05) is 375 Å². The van der Waals surface area contributed by atoms with Crippen molar-refractivity contribution in [3.05, 3.63) is 0 Å². The van der Waals surface area contributed by atoms with Gasteiger partial charge in [-0.3, -0.25) is 37.3 Å². The third kappa shape index (κ3) is 74.1. The molecule has 0 saturated heterocycles. The van der Waals surface area contributed by atoms with Crippen molar-refractivity contribution in [2.75, 3.05) is 39.6 Å². The first kappa shape index (κ1) is 97.1. The monoisotopic (exact) mass is 1450 g/mol. The second-order valence-electron chi connectivity index (χ2n) is 29.3. The summed E-state index contributed by atoms with van der Waals surface area (Å²) in [5.41, 5.74) is 0. The van der Waals surface area contributed by atoms with Gasteiger partial charge < -0.3 is 33.8 Å². The lowest BCUT2D eigenvalue weighted by molar-refractivity contribution is -0.161. The zero-order valence-electron chi connectivity index (χ0n) is 64.6. The number of aliphatic hydroxyl groups excluding tert-OH is 1. The number of phosphoric ester groups is 2. The second-order valence-corrected chi connectivity index (χ2v) is 32.2. The molecule has 0 aromatic heterocycles. The van der Waals surface area contributed by atoms with Crippen LogP contribution < -0.4 is 0 Å². The van der Waals surface area contributed by atoms with Gasteiger partial charge in [-0.05, 0) is 31.6 Å². The van der Waals surface area contributed by atoms with Gasteiger partial charge in [0.2, 0.25) is 0 Å². The highest BCUT2D eigenvalue weighted by Gasteiger charge is 2.30. The number of aliphatic hydroxyl groups is 1. The molecule has 2 unspecified atom stereocenters. The zero-order chi connectivity index (χ0) is 72.7. The van der Waals surface area contributed by atoms with E-state index >= 15 is 0 Å². The number of esters is 4. The summed E-state index contributed by atoms with van der Waals surface area (Å²) in [7, 11) is -9.92. The summed E-state index contributed by atoms with van der Waals surface area (Å²) in [5, 5.41) is 10.6. The van der Waals surface area contributed by atoms with Crippen LogP contribution in [0.1, 0.15) is 426 Å². The number of hydrogen-bond donors (Lipinski definition) is 3. The maximum Gasteiger partial charge on any atom is 0.472 e. The molecular formula is C80H156O17P2. The second kappa shape index (κ2) is 73.0. The van der Waals surface area contributed by atoms with E-state index in [1.165, 1.54) is 250 Å². The molecule has 3 N–H and O–H groups in total. The molecule has 0 aliphatic rings. The lowest BCUT2D eigenvalue weighted by Gasteiger charge is -2.21. The van der Waals surface area contributed by atoms with Gasteiger partial charge in [-0.15, -0.1) is 0 Å². The van der Waals surface area contributed by atoms with E-state index in [4.69, 9.17) is 37.0 Å². The number of rotatable bonds is 80. The van der Waals surface area contributed by atoms with Gasteiger partial charge in [0, 0.05) is 25.7 Å². The Morgan fingerprint density at radius 1 is 0.273 bits per heavy atom. The first-order valence-corrected chi connectivity index (χ1v) is 44.6. The molecule has 0 aromatic rings. The van der Waals surface area contributed by atoms with Crippen LogP contribution in [0, 0.1) is 5.92 Å². The van der Waals surface area contributed by atoms with Crippen LogP contribution in [0.25, 0.3) is 0 Å². The Bertz CT molecular complexity index is 1890. The molecule has 588 valence electrons. The molecule has 19 heteroatoms. The van der Waals surface area contributed by atoms with Gasteiger partial charge in [-0.25, -0.2) is 9.13 Å². The van der Waals surface area contributed by atoms with Crippen LogP contribution in [0.2, 0.25) is 0 Å². The minimum Gasteiger partial charge on any atom is -0.462 e.